The summed E-state index contributed by atoms with van der Waals surface area (Å²) >= 11 is 3.27. The van der Waals surface area contributed by atoms with E-state index in [0.717, 1.165) is 11.9 Å². The molecule has 0 aliphatic carbocycles. The van der Waals surface area contributed by atoms with Gasteiger partial charge in [-0.15, -0.1) is 17.0 Å². The molecule has 4 heteroatoms. The molecule has 0 aliphatic heterocycles. The highest BCUT2D eigenvalue weighted by Crippen LogP contribution is 1.73. The van der Waals surface area contributed by atoms with E-state index >= 15 is 0 Å². The van der Waals surface area contributed by atoms with E-state index in [1.165, 1.54) is 0 Å². The first-order valence-electron chi connectivity index (χ1n) is 2.56. The highest BCUT2D eigenvalue weighted by molar-refractivity contribution is 9.09. The number of alkyl halides is 1. The molecule has 0 fully saturated rings. The summed E-state index contributed by atoms with van der Waals surface area (Å²) < 4.78 is 0. The van der Waals surface area contributed by atoms with Crippen LogP contribution < -0.4 is 11.1 Å². The van der Waals surface area contributed by atoms with Gasteiger partial charge in [0.15, 0.2) is 0 Å². The molecule has 0 spiro atoms. The highest BCUT2D eigenvalue weighted by Gasteiger charge is 1.71. The monoisotopic (exact) mass is 258 g/mol. The van der Waals surface area contributed by atoms with Gasteiger partial charge in [0.05, 0.1) is 0 Å². The minimum atomic E-state index is 0. The fraction of sp³-hybridized carbons (Fsp3) is 0.600. The molecule has 0 heterocycles. The smallest absolute Gasteiger partial charge is 0.0238 e. The largest absolute Gasteiger partial charge is 0.390 e. The van der Waals surface area contributed by atoms with Crippen LogP contribution in [-0.2, 0) is 0 Å². The molecule has 0 aromatic rings. The summed E-state index contributed by atoms with van der Waals surface area (Å²) in [5, 5.41) is 4.00. The lowest BCUT2D eigenvalue weighted by Gasteiger charge is -1.91. The molecule has 0 amide bonds. The topological polar surface area (TPSA) is 38.0 Å². The van der Waals surface area contributed by atoms with Crippen LogP contribution in [0.15, 0.2) is 12.3 Å². The maximum atomic E-state index is 5.17. The van der Waals surface area contributed by atoms with E-state index in [9.17, 15) is 0 Å². The van der Waals surface area contributed by atoms with Crippen molar-refractivity contribution in [1.82, 2.24) is 5.32 Å². The van der Waals surface area contributed by atoms with Gasteiger partial charge in [-0.25, -0.2) is 0 Å². The lowest BCUT2D eigenvalue weighted by Crippen LogP contribution is -2.08. The number of hydrogen-bond acceptors (Lipinski definition) is 2. The SMILES string of the molecule is Br.NCC=CNCCBr. The Kier molecular flexibility index (Phi) is 15.3. The first-order valence-corrected chi connectivity index (χ1v) is 3.68. The fourth-order valence-corrected chi connectivity index (χ4v) is 0.518. The zero-order valence-electron chi connectivity index (χ0n) is 5.14. The molecular weight excluding hydrogens is 248 g/mol. The average Bonchev–Trinajstić information content (AvgIpc) is 1.81. The Hall–Kier alpha value is 0.460. The van der Waals surface area contributed by atoms with E-state index in [-0.39, 0.29) is 17.0 Å². The predicted molar refractivity (Wildman–Crippen MR) is 50.3 cm³/mol. The van der Waals surface area contributed by atoms with Crippen molar-refractivity contribution in [3.05, 3.63) is 12.3 Å². The molecule has 0 aliphatic rings. The first kappa shape index (κ1) is 12.2. The van der Waals surface area contributed by atoms with Crippen molar-refractivity contribution in [3.63, 3.8) is 0 Å². The predicted octanol–water partition coefficient (Wildman–Crippen LogP) is 1.02. The number of rotatable bonds is 4. The van der Waals surface area contributed by atoms with Gasteiger partial charge < -0.3 is 11.1 Å². The number of nitrogens with two attached hydrogens (primary N) is 1. The third-order valence-electron chi connectivity index (χ3n) is 0.611. The highest BCUT2D eigenvalue weighted by atomic mass is 79.9. The second-order valence-electron chi connectivity index (χ2n) is 1.28. The van der Waals surface area contributed by atoms with Gasteiger partial charge in [-0.05, 0) is 6.20 Å². The molecule has 0 unspecified atom stereocenters. The van der Waals surface area contributed by atoms with Crippen molar-refractivity contribution in [2.75, 3.05) is 18.4 Å². The third kappa shape index (κ3) is 11.8. The van der Waals surface area contributed by atoms with Gasteiger partial charge in [-0.1, -0.05) is 22.0 Å². The molecule has 0 radical (unpaired) electrons. The minimum absolute atomic E-state index is 0. The van der Waals surface area contributed by atoms with E-state index in [1.807, 2.05) is 12.3 Å². The second kappa shape index (κ2) is 11.3. The molecule has 56 valence electrons. The van der Waals surface area contributed by atoms with Crippen LogP contribution in [-0.4, -0.2) is 18.4 Å². The average molecular weight is 260 g/mol. The molecule has 0 atom stereocenters. The Balaban J connectivity index is 0. The van der Waals surface area contributed by atoms with Crippen molar-refractivity contribution in [2.45, 2.75) is 0 Å². The van der Waals surface area contributed by atoms with Crippen LogP contribution in [0.5, 0.6) is 0 Å². The van der Waals surface area contributed by atoms with Crippen LogP contribution in [0.1, 0.15) is 0 Å². The fourth-order valence-electron chi connectivity index (χ4n) is 0.289. The Morgan fingerprint density at radius 2 is 2.22 bits per heavy atom. The lowest BCUT2D eigenvalue weighted by molar-refractivity contribution is 0.928. The van der Waals surface area contributed by atoms with E-state index < -0.39 is 0 Å². The molecular formula is C5H12Br2N2. The van der Waals surface area contributed by atoms with Crippen LogP contribution in [0.25, 0.3) is 0 Å². The van der Waals surface area contributed by atoms with Crippen LogP contribution in [0, 0.1) is 0 Å². The Bertz CT molecular complexity index is 66.0. The van der Waals surface area contributed by atoms with Crippen molar-refractivity contribution >= 4 is 32.9 Å². The summed E-state index contributed by atoms with van der Waals surface area (Å²) in [7, 11) is 0. The molecule has 2 nitrogen and oxygen atoms in total. The minimum Gasteiger partial charge on any atom is -0.390 e. The van der Waals surface area contributed by atoms with E-state index in [2.05, 4.69) is 21.2 Å². The van der Waals surface area contributed by atoms with Gasteiger partial charge in [-0.2, -0.15) is 0 Å². The molecule has 0 saturated carbocycles. The van der Waals surface area contributed by atoms with Crippen LogP contribution in [0.3, 0.4) is 0 Å². The third-order valence-corrected chi connectivity index (χ3v) is 1.01. The summed E-state index contributed by atoms with van der Waals surface area (Å²) in [6.45, 7) is 1.56. The zero-order chi connectivity index (χ0) is 6.24. The molecule has 0 bridgehead atoms. The Morgan fingerprint density at radius 1 is 1.56 bits per heavy atom. The Morgan fingerprint density at radius 3 is 2.67 bits per heavy atom. The molecule has 3 N–H and O–H groups in total. The summed E-state index contributed by atoms with van der Waals surface area (Å²) in [6, 6.07) is 0. The second-order valence-corrected chi connectivity index (χ2v) is 2.07. The van der Waals surface area contributed by atoms with E-state index in [0.29, 0.717) is 6.54 Å². The molecule has 0 rings (SSSR count). The summed E-state index contributed by atoms with van der Waals surface area (Å²) in [5.74, 6) is 0. The van der Waals surface area contributed by atoms with Gasteiger partial charge in [0.25, 0.3) is 0 Å². The molecule has 9 heavy (non-hydrogen) atoms. The summed E-state index contributed by atoms with van der Waals surface area (Å²) in [6.07, 6.45) is 3.74. The normalized spacial score (nSPS) is 9.11. The van der Waals surface area contributed by atoms with Gasteiger partial charge in [-0.3, -0.25) is 0 Å². The maximum Gasteiger partial charge on any atom is 0.0238 e. The van der Waals surface area contributed by atoms with Crippen LogP contribution in [0.2, 0.25) is 0 Å². The van der Waals surface area contributed by atoms with Gasteiger partial charge >= 0.3 is 0 Å². The molecule has 0 aromatic carbocycles. The van der Waals surface area contributed by atoms with Crippen LogP contribution in [0.4, 0.5) is 0 Å². The number of nitrogens with one attached hydrogen (secondary N) is 1. The standard InChI is InChI=1S/C5H11BrN2.BrH/c6-2-5-8-4-1-3-7;/h1,4,8H,2-3,5,7H2;1H. The lowest BCUT2D eigenvalue weighted by atomic mass is 10.6. The first-order chi connectivity index (χ1) is 3.91. The van der Waals surface area contributed by atoms with E-state index in [4.69, 9.17) is 5.73 Å². The Labute approximate surface area is 74.8 Å². The van der Waals surface area contributed by atoms with Crippen molar-refractivity contribution in [1.29, 1.82) is 0 Å². The number of halogens is 2. The van der Waals surface area contributed by atoms with Gasteiger partial charge in [0.1, 0.15) is 0 Å². The van der Waals surface area contributed by atoms with Crippen LogP contribution >= 0.6 is 32.9 Å². The molecule has 0 saturated heterocycles. The summed E-state index contributed by atoms with van der Waals surface area (Å²) in [4.78, 5) is 0. The van der Waals surface area contributed by atoms with Crippen molar-refractivity contribution < 1.29 is 0 Å². The zero-order valence-corrected chi connectivity index (χ0v) is 8.44. The molecule has 0 aromatic heterocycles. The van der Waals surface area contributed by atoms with Crippen molar-refractivity contribution in [3.8, 4) is 0 Å². The maximum absolute atomic E-state index is 5.17. The van der Waals surface area contributed by atoms with E-state index in [1.54, 1.807) is 0 Å². The van der Waals surface area contributed by atoms with Gasteiger partial charge in [0.2, 0.25) is 0 Å². The quantitative estimate of drug-likeness (QED) is 0.585. The van der Waals surface area contributed by atoms with Gasteiger partial charge in [0, 0.05) is 18.4 Å². The summed E-state index contributed by atoms with van der Waals surface area (Å²) in [5.41, 5.74) is 5.17. The van der Waals surface area contributed by atoms with Crippen molar-refractivity contribution in [2.24, 2.45) is 5.73 Å². The number of hydrogen-bond donors (Lipinski definition) is 2.